The fourth-order valence-electron chi connectivity index (χ4n) is 1.10. The Morgan fingerprint density at radius 2 is 2.12 bits per heavy atom. The highest BCUT2D eigenvalue weighted by Crippen LogP contribution is 2.14. The molecule has 0 radical (unpaired) electrons. The summed E-state index contributed by atoms with van der Waals surface area (Å²) in [5, 5.41) is 8.72. The molecule has 1 aromatic heterocycles. The summed E-state index contributed by atoms with van der Waals surface area (Å²) >= 11 is 0. The molecule has 1 amide bonds. The SMILES string of the molecule is CN(C(=O)OC(C)(C)C)c1cccc(C#N)n1. The first kappa shape index (κ1) is 13.0. The highest BCUT2D eigenvalue weighted by Gasteiger charge is 2.21. The lowest BCUT2D eigenvalue weighted by Crippen LogP contribution is -2.34. The molecule has 0 unspecified atom stereocenters. The molecular weight excluding hydrogens is 218 g/mol. The van der Waals surface area contributed by atoms with Crippen molar-refractivity contribution in [2.75, 3.05) is 11.9 Å². The van der Waals surface area contributed by atoms with E-state index in [1.807, 2.05) is 6.07 Å². The van der Waals surface area contributed by atoms with Crippen LogP contribution in [0.4, 0.5) is 10.6 Å². The summed E-state index contributed by atoms with van der Waals surface area (Å²) in [6, 6.07) is 6.81. The maximum absolute atomic E-state index is 11.7. The van der Waals surface area contributed by atoms with Gasteiger partial charge in [0.25, 0.3) is 0 Å². The van der Waals surface area contributed by atoms with E-state index in [0.717, 1.165) is 0 Å². The number of hydrogen-bond donors (Lipinski definition) is 0. The Kier molecular flexibility index (Phi) is 3.69. The average Bonchev–Trinajstić information content (AvgIpc) is 2.26. The van der Waals surface area contributed by atoms with Gasteiger partial charge >= 0.3 is 6.09 Å². The Labute approximate surface area is 101 Å². The topological polar surface area (TPSA) is 66.2 Å². The van der Waals surface area contributed by atoms with E-state index < -0.39 is 11.7 Å². The van der Waals surface area contributed by atoms with E-state index >= 15 is 0 Å². The molecule has 90 valence electrons. The standard InChI is InChI=1S/C12H15N3O2/c1-12(2,3)17-11(16)15(4)10-7-5-6-9(8-13)14-10/h5-7H,1-4H3. The number of anilines is 1. The third-order valence-corrected chi connectivity index (χ3v) is 1.86. The molecule has 0 saturated heterocycles. The van der Waals surface area contributed by atoms with Crippen molar-refractivity contribution in [1.82, 2.24) is 4.98 Å². The third kappa shape index (κ3) is 3.76. The molecule has 17 heavy (non-hydrogen) atoms. The van der Waals surface area contributed by atoms with Gasteiger partial charge in [0.1, 0.15) is 23.2 Å². The molecule has 5 nitrogen and oxygen atoms in total. The predicted molar refractivity (Wildman–Crippen MR) is 63.6 cm³/mol. The molecule has 0 fully saturated rings. The first-order valence-electron chi connectivity index (χ1n) is 5.17. The lowest BCUT2D eigenvalue weighted by molar-refractivity contribution is 0.0588. The van der Waals surface area contributed by atoms with Gasteiger partial charge in [-0.2, -0.15) is 5.26 Å². The zero-order valence-electron chi connectivity index (χ0n) is 10.4. The summed E-state index contributed by atoms with van der Waals surface area (Å²) in [4.78, 5) is 17.0. The van der Waals surface area contributed by atoms with Crippen LogP contribution in [-0.4, -0.2) is 23.7 Å². The van der Waals surface area contributed by atoms with Gasteiger partial charge in [0, 0.05) is 7.05 Å². The molecule has 1 rings (SSSR count). The van der Waals surface area contributed by atoms with Gasteiger partial charge in [-0.05, 0) is 32.9 Å². The van der Waals surface area contributed by atoms with Crippen molar-refractivity contribution in [2.24, 2.45) is 0 Å². The van der Waals surface area contributed by atoms with Crippen molar-refractivity contribution >= 4 is 11.9 Å². The molecule has 0 aliphatic heterocycles. The van der Waals surface area contributed by atoms with Crippen molar-refractivity contribution in [3.8, 4) is 6.07 Å². The van der Waals surface area contributed by atoms with Crippen LogP contribution in [0.15, 0.2) is 18.2 Å². The van der Waals surface area contributed by atoms with Crippen LogP contribution in [0.5, 0.6) is 0 Å². The highest BCUT2D eigenvalue weighted by molar-refractivity contribution is 5.86. The molecule has 1 aromatic rings. The van der Waals surface area contributed by atoms with E-state index in [1.54, 1.807) is 46.0 Å². The fraction of sp³-hybridized carbons (Fsp3) is 0.417. The summed E-state index contributed by atoms with van der Waals surface area (Å²) in [6.07, 6.45) is -0.500. The van der Waals surface area contributed by atoms with Crippen LogP contribution in [0.3, 0.4) is 0 Å². The maximum atomic E-state index is 11.7. The second-order valence-corrected chi connectivity index (χ2v) is 4.53. The lowest BCUT2D eigenvalue weighted by atomic mass is 10.2. The Bertz CT molecular complexity index is 458. The van der Waals surface area contributed by atoms with Crippen molar-refractivity contribution < 1.29 is 9.53 Å². The zero-order valence-corrected chi connectivity index (χ0v) is 10.4. The average molecular weight is 233 g/mol. The summed E-state index contributed by atoms with van der Waals surface area (Å²) in [5.74, 6) is 0.387. The Balaban J connectivity index is 2.86. The van der Waals surface area contributed by atoms with Gasteiger partial charge in [0.05, 0.1) is 0 Å². The summed E-state index contributed by atoms with van der Waals surface area (Å²) < 4.78 is 5.19. The number of rotatable bonds is 1. The first-order chi connectivity index (χ1) is 7.83. The number of carbonyl (C=O) groups excluding carboxylic acids is 1. The molecule has 0 bridgehead atoms. The van der Waals surface area contributed by atoms with Crippen LogP contribution >= 0.6 is 0 Å². The zero-order chi connectivity index (χ0) is 13.1. The van der Waals surface area contributed by atoms with Crippen molar-refractivity contribution in [2.45, 2.75) is 26.4 Å². The van der Waals surface area contributed by atoms with Crippen LogP contribution in [0, 0.1) is 11.3 Å². The number of carbonyl (C=O) groups is 1. The minimum absolute atomic E-state index is 0.262. The molecule has 0 saturated carbocycles. The normalized spacial score (nSPS) is 10.5. The molecule has 0 spiro atoms. The Hall–Kier alpha value is -2.09. The van der Waals surface area contributed by atoms with Crippen molar-refractivity contribution in [3.05, 3.63) is 23.9 Å². The van der Waals surface area contributed by atoms with Gasteiger partial charge < -0.3 is 4.74 Å². The van der Waals surface area contributed by atoms with Crippen LogP contribution in [-0.2, 0) is 4.74 Å². The number of aromatic nitrogens is 1. The molecular formula is C12H15N3O2. The summed E-state index contributed by atoms with van der Waals surface area (Å²) in [6.45, 7) is 5.37. The quantitative estimate of drug-likeness (QED) is 0.746. The number of nitriles is 1. The van der Waals surface area contributed by atoms with E-state index in [1.165, 1.54) is 4.90 Å². The van der Waals surface area contributed by atoms with Gasteiger partial charge in [-0.15, -0.1) is 0 Å². The van der Waals surface area contributed by atoms with Crippen LogP contribution in [0.1, 0.15) is 26.5 Å². The minimum atomic E-state index is -0.557. The van der Waals surface area contributed by atoms with E-state index in [4.69, 9.17) is 10.00 Å². The van der Waals surface area contributed by atoms with Crippen molar-refractivity contribution in [1.29, 1.82) is 5.26 Å². The Morgan fingerprint density at radius 1 is 1.47 bits per heavy atom. The summed E-state index contributed by atoms with van der Waals surface area (Å²) in [7, 11) is 1.55. The van der Waals surface area contributed by atoms with E-state index in [9.17, 15) is 4.79 Å². The monoisotopic (exact) mass is 233 g/mol. The second-order valence-electron chi connectivity index (χ2n) is 4.53. The number of nitrogens with zero attached hydrogens (tertiary/aromatic N) is 3. The van der Waals surface area contributed by atoms with Crippen LogP contribution in [0.25, 0.3) is 0 Å². The smallest absolute Gasteiger partial charge is 0.415 e. The molecule has 0 aliphatic carbocycles. The van der Waals surface area contributed by atoms with Crippen LogP contribution < -0.4 is 4.90 Å². The Morgan fingerprint density at radius 3 is 2.65 bits per heavy atom. The van der Waals surface area contributed by atoms with E-state index in [-0.39, 0.29) is 5.69 Å². The molecule has 0 N–H and O–H groups in total. The van der Waals surface area contributed by atoms with E-state index in [2.05, 4.69) is 4.98 Å². The fourth-order valence-corrected chi connectivity index (χ4v) is 1.10. The molecule has 0 aliphatic rings. The molecule has 0 aromatic carbocycles. The van der Waals surface area contributed by atoms with Crippen molar-refractivity contribution in [3.63, 3.8) is 0 Å². The lowest BCUT2D eigenvalue weighted by Gasteiger charge is -2.24. The molecule has 1 heterocycles. The van der Waals surface area contributed by atoms with Gasteiger partial charge in [0.15, 0.2) is 0 Å². The number of ether oxygens (including phenoxy) is 1. The van der Waals surface area contributed by atoms with E-state index in [0.29, 0.717) is 5.82 Å². The number of hydrogen-bond acceptors (Lipinski definition) is 4. The van der Waals surface area contributed by atoms with Gasteiger partial charge in [-0.3, -0.25) is 4.90 Å². The number of pyridine rings is 1. The maximum Gasteiger partial charge on any atom is 0.415 e. The predicted octanol–water partition coefficient (Wildman–Crippen LogP) is 2.32. The van der Waals surface area contributed by atoms with Gasteiger partial charge in [0.2, 0.25) is 0 Å². The third-order valence-electron chi connectivity index (χ3n) is 1.86. The second kappa shape index (κ2) is 4.83. The molecule has 5 heteroatoms. The largest absolute Gasteiger partial charge is 0.443 e. The minimum Gasteiger partial charge on any atom is -0.443 e. The van der Waals surface area contributed by atoms with Gasteiger partial charge in [-0.25, -0.2) is 9.78 Å². The van der Waals surface area contributed by atoms with Crippen LogP contribution in [0.2, 0.25) is 0 Å². The summed E-state index contributed by atoms with van der Waals surface area (Å²) in [5.41, 5.74) is -0.295. The first-order valence-corrected chi connectivity index (χ1v) is 5.17. The molecule has 0 atom stereocenters. The van der Waals surface area contributed by atoms with Gasteiger partial charge in [-0.1, -0.05) is 6.07 Å². The number of amides is 1. The highest BCUT2D eigenvalue weighted by atomic mass is 16.6.